The molecule has 1 fully saturated rings. The van der Waals surface area contributed by atoms with Gasteiger partial charge in [0, 0.05) is 10.9 Å². The molecule has 1 saturated carbocycles. The molecule has 0 aliphatic heterocycles. The predicted molar refractivity (Wildman–Crippen MR) is 77.0 cm³/mol. The number of thiophene rings is 1. The SMILES string of the molecule is C[C@@H]1CCc2sc(C(=O)OCC(=O)NC3CC3)cc2C1. The van der Waals surface area contributed by atoms with E-state index < -0.39 is 0 Å². The molecule has 4 nitrogen and oxygen atoms in total. The molecular formula is C15H19NO3S. The van der Waals surface area contributed by atoms with Crippen LogP contribution in [0.1, 0.15) is 46.3 Å². The number of ether oxygens (including phenoxy) is 1. The Hall–Kier alpha value is -1.36. The Morgan fingerprint density at radius 1 is 1.40 bits per heavy atom. The molecule has 1 aromatic rings. The molecule has 5 heteroatoms. The monoisotopic (exact) mass is 293 g/mol. The van der Waals surface area contributed by atoms with Crippen molar-refractivity contribution in [3.63, 3.8) is 0 Å². The maximum Gasteiger partial charge on any atom is 0.348 e. The third-order valence-corrected chi connectivity index (χ3v) is 5.02. The number of hydrogen-bond donors (Lipinski definition) is 1. The molecule has 0 radical (unpaired) electrons. The Kier molecular flexibility index (Phi) is 3.78. The number of nitrogens with one attached hydrogen (secondary N) is 1. The molecule has 20 heavy (non-hydrogen) atoms. The van der Waals surface area contributed by atoms with E-state index in [1.54, 1.807) is 0 Å². The Bertz CT molecular complexity index is 533. The summed E-state index contributed by atoms with van der Waals surface area (Å²) >= 11 is 1.52. The van der Waals surface area contributed by atoms with Crippen LogP contribution >= 0.6 is 11.3 Å². The van der Waals surface area contributed by atoms with Crippen molar-refractivity contribution in [2.45, 2.75) is 45.1 Å². The minimum absolute atomic E-state index is 0.172. The van der Waals surface area contributed by atoms with E-state index in [4.69, 9.17) is 4.74 Å². The summed E-state index contributed by atoms with van der Waals surface area (Å²) in [7, 11) is 0. The van der Waals surface area contributed by atoms with Crippen molar-refractivity contribution in [1.29, 1.82) is 0 Å². The van der Waals surface area contributed by atoms with E-state index in [-0.39, 0.29) is 18.5 Å². The number of hydrogen-bond acceptors (Lipinski definition) is 4. The van der Waals surface area contributed by atoms with Crippen molar-refractivity contribution in [3.8, 4) is 0 Å². The van der Waals surface area contributed by atoms with Crippen LogP contribution in [-0.4, -0.2) is 24.5 Å². The summed E-state index contributed by atoms with van der Waals surface area (Å²) < 4.78 is 5.08. The maximum atomic E-state index is 12.0. The van der Waals surface area contributed by atoms with Gasteiger partial charge in [0.05, 0.1) is 0 Å². The van der Waals surface area contributed by atoms with E-state index in [0.29, 0.717) is 16.8 Å². The Balaban J connectivity index is 1.55. The molecule has 0 bridgehead atoms. The minimum Gasteiger partial charge on any atom is -0.451 e. The maximum absolute atomic E-state index is 12.0. The number of carbonyl (C=O) groups is 2. The first-order valence-corrected chi connectivity index (χ1v) is 8.01. The largest absolute Gasteiger partial charge is 0.451 e. The van der Waals surface area contributed by atoms with Gasteiger partial charge in [-0.2, -0.15) is 0 Å². The smallest absolute Gasteiger partial charge is 0.348 e. The molecule has 0 unspecified atom stereocenters. The number of esters is 1. The molecule has 0 aromatic carbocycles. The number of aryl methyl sites for hydroxylation is 1. The molecule has 2 aliphatic rings. The Morgan fingerprint density at radius 2 is 2.20 bits per heavy atom. The normalized spacial score (nSPS) is 21.1. The highest BCUT2D eigenvalue weighted by Gasteiger charge is 2.25. The van der Waals surface area contributed by atoms with Crippen LogP contribution in [-0.2, 0) is 22.4 Å². The van der Waals surface area contributed by atoms with Gasteiger partial charge in [-0.15, -0.1) is 11.3 Å². The van der Waals surface area contributed by atoms with E-state index in [9.17, 15) is 9.59 Å². The lowest BCUT2D eigenvalue weighted by molar-refractivity contribution is -0.124. The van der Waals surface area contributed by atoms with Crippen LogP contribution in [0.3, 0.4) is 0 Å². The lowest BCUT2D eigenvalue weighted by Gasteiger charge is -2.16. The zero-order chi connectivity index (χ0) is 14.1. The Labute approximate surface area is 122 Å². The van der Waals surface area contributed by atoms with E-state index in [1.165, 1.54) is 28.2 Å². The third kappa shape index (κ3) is 3.20. The van der Waals surface area contributed by atoms with Gasteiger partial charge >= 0.3 is 5.97 Å². The van der Waals surface area contributed by atoms with Crippen molar-refractivity contribution in [3.05, 3.63) is 21.4 Å². The van der Waals surface area contributed by atoms with E-state index in [2.05, 4.69) is 12.2 Å². The van der Waals surface area contributed by atoms with Crippen LogP contribution in [0.25, 0.3) is 0 Å². The van der Waals surface area contributed by atoms with Crippen molar-refractivity contribution in [1.82, 2.24) is 5.32 Å². The van der Waals surface area contributed by atoms with Gasteiger partial charge in [-0.05, 0) is 49.7 Å². The summed E-state index contributed by atoms with van der Waals surface area (Å²) in [5, 5.41) is 2.80. The highest BCUT2D eigenvalue weighted by atomic mass is 32.1. The fraction of sp³-hybridized carbons (Fsp3) is 0.600. The van der Waals surface area contributed by atoms with Crippen LogP contribution in [0.4, 0.5) is 0 Å². The standard InChI is InChI=1S/C15H19NO3S/c1-9-2-5-12-10(6-9)7-13(20-12)15(18)19-8-14(17)16-11-3-4-11/h7,9,11H,2-6,8H2,1H3,(H,16,17)/t9-/m1/s1. The van der Waals surface area contributed by atoms with Crippen molar-refractivity contribution in [2.75, 3.05) is 6.61 Å². The highest BCUT2D eigenvalue weighted by Crippen LogP contribution is 2.32. The molecule has 0 saturated heterocycles. The molecule has 108 valence electrons. The average Bonchev–Trinajstić information content (AvgIpc) is 3.12. The topological polar surface area (TPSA) is 55.4 Å². The first-order valence-electron chi connectivity index (χ1n) is 7.20. The second-order valence-electron chi connectivity index (χ2n) is 5.82. The average molecular weight is 293 g/mol. The summed E-state index contributed by atoms with van der Waals surface area (Å²) in [6.45, 7) is 2.06. The predicted octanol–water partition coefficient (Wildman–Crippen LogP) is 2.31. The minimum atomic E-state index is -0.372. The van der Waals surface area contributed by atoms with Gasteiger partial charge in [0.1, 0.15) is 4.88 Å². The Morgan fingerprint density at radius 3 is 2.95 bits per heavy atom. The number of fused-ring (bicyclic) bond motifs is 1. The van der Waals surface area contributed by atoms with Gasteiger partial charge in [0.2, 0.25) is 0 Å². The number of carbonyl (C=O) groups excluding carboxylic acids is 2. The third-order valence-electron chi connectivity index (χ3n) is 3.81. The summed E-state index contributed by atoms with van der Waals surface area (Å²) in [4.78, 5) is 25.4. The van der Waals surface area contributed by atoms with E-state index in [0.717, 1.165) is 25.7 Å². The zero-order valence-corrected chi connectivity index (χ0v) is 12.4. The first kappa shape index (κ1) is 13.6. The molecule has 3 rings (SSSR count). The van der Waals surface area contributed by atoms with Crippen LogP contribution in [0.15, 0.2) is 6.07 Å². The van der Waals surface area contributed by atoms with Gasteiger partial charge < -0.3 is 10.1 Å². The van der Waals surface area contributed by atoms with E-state index >= 15 is 0 Å². The summed E-state index contributed by atoms with van der Waals surface area (Å²) in [6, 6.07) is 2.24. The molecular weight excluding hydrogens is 274 g/mol. The van der Waals surface area contributed by atoms with Crippen LogP contribution in [0.2, 0.25) is 0 Å². The van der Waals surface area contributed by atoms with Crippen LogP contribution in [0.5, 0.6) is 0 Å². The van der Waals surface area contributed by atoms with E-state index in [1.807, 2.05) is 6.07 Å². The second kappa shape index (κ2) is 5.56. The van der Waals surface area contributed by atoms with Gasteiger partial charge in [0.15, 0.2) is 6.61 Å². The highest BCUT2D eigenvalue weighted by molar-refractivity contribution is 7.14. The molecule has 0 spiro atoms. The molecule has 1 heterocycles. The van der Waals surface area contributed by atoms with Crippen molar-refractivity contribution >= 4 is 23.2 Å². The molecule has 1 atom stereocenters. The van der Waals surface area contributed by atoms with Crippen LogP contribution in [0, 0.1) is 5.92 Å². The molecule has 1 amide bonds. The summed E-state index contributed by atoms with van der Waals surface area (Å²) in [5.74, 6) is 0.115. The molecule has 1 N–H and O–H groups in total. The molecule has 2 aliphatic carbocycles. The van der Waals surface area contributed by atoms with Gasteiger partial charge in [-0.25, -0.2) is 4.79 Å². The zero-order valence-electron chi connectivity index (χ0n) is 11.6. The van der Waals surface area contributed by atoms with Crippen molar-refractivity contribution < 1.29 is 14.3 Å². The number of rotatable bonds is 4. The van der Waals surface area contributed by atoms with Crippen molar-refractivity contribution in [2.24, 2.45) is 5.92 Å². The van der Waals surface area contributed by atoms with Crippen LogP contribution < -0.4 is 5.32 Å². The van der Waals surface area contributed by atoms with Gasteiger partial charge in [-0.1, -0.05) is 6.92 Å². The fourth-order valence-corrected chi connectivity index (χ4v) is 3.61. The summed E-state index contributed by atoms with van der Waals surface area (Å²) in [6.07, 6.45) is 5.36. The van der Waals surface area contributed by atoms with Gasteiger partial charge in [-0.3, -0.25) is 4.79 Å². The van der Waals surface area contributed by atoms with Gasteiger partial charge in [0.25, 0.3) is 5.91 Å². The first-order chi connectivity index (χ1) is 9.61. The second-order valence-corrected chi connectivity index (χ2v) is 6.96. The summed E-state index contributed by atoms with van der Waals surface area (Å²) in [5.41, 5.74) is 1.28. The quantitative estimate of drug-likeness (QED) is 0.867. The fourth-order valence-electron chi connectivity index (χ4n) is 2.51. The number of amides is 1. The lowest BCUT2D eigenvalue weighted by Crippen LogP contribution is -2.30. The molecule has 1 aromatic heterocycles. The lowest BCUT2D eigenvalue weighted by atomic mass is 9.90.